The van der Waals surface area contributed by atoms with E-state index in [9.17, 15) is 19.2 Å². The zero-order valence-corrected chi connectivity index (χ0v) is 21.0. The van der Waals surface area contributed by atoms with Crippen LogP contribution in [0.3, 0.4) is 0 Å². The number of Topliss-reactive ketones (excluding diaryl/α,β-unsaturated/α-hetero) is 1. The number of carbonyl (C=O) groups excluding carboxylic acids is 4. The average molecular weight is 495 g/mol. The molecular weight excluding hydrogens is 464 g/mol. The first-order valence-corrected chi connectivity index (χ1v) is 11.8. The Morgan fingerprint density at radius 3 is 2.39 bits per heavy atom. The number of amides is 2. The second kappa shape index (κ2) is 9.73. The number of benzene rings is 2. The lowest BCUT2D eigenvalue weighted by atomic mass is 9.77. The first-order valence-electron chi connectivity index (χ1n) is 11.8. The summed E-state index contributed by atoms with van der Waals surface area (Å²) in [7, 11) is 4.31. The second-order valence-corrected chi connectivity index (χ2v) is 9.06. The molecule has 2 amide bonds. The van der Waals surface area contributed by atoms with E-state index in [2.05, 4.69) is 5.32 Å². The number of nitrogens with zero attached hydrogens (tertiary/aromatic N) is 1. The molecule has 4 rings (SSSR count). The highest BCUT2D eigenvalue weighted by Gasteiger charge is 2.68. The number of anilines is 1. The van der Waals surface area contributed by atoms with Crippen molar-refractivity contribution < 1.29 is 33.4 Å². The standard InChI is InChI=1S/C27H30N2O7/c1-6-12-27(26(33)36-5)22-21(23(28-27)19-11-10-18(34-3)14-20(19)35-4)24(31)29(25(22)32)17-9-7-8-16(13-17)15(2)30/h7-11,13-14,21-23,28H,6,12H2,1-5H3/t21-,22-,23-,27+/m1/s1. The zero-order valence-electron chi connectivity index (χ0n) is 21.0. The summed E-state index contributed by atoms with van der Waals surface area (Å²) >= 11 is 0. The Morgan fingerprint density at radius 2 is 1.78 bits per heavy atom. The zero-order chi connectivity index (χ0) is 26.2. The van der Waals surface area contributed by atoms with E-state index in [-0.39, 0.29) is 12.2 Å². The van der Waals surface area contributed by atoms with Crippen LogP contribution in [0, 0.1) is 11.8 Å². The molecule has 2 aliphatic heterocycles. The number of nitrogens with one attached hydrogen (secondary N) is 1. The summed E-state index contributed by atoms with van der Waals surface area (Å²) in [6, 6.07) is 10.9. The highest BCUT2D eigenvalue weighted by atomic mass is 16.5. The minimum absolute atomic E-state index is 0.187. The molecule has 9 nitrogen and oxygen atoms in total. The Labute approximate surface area is 209 Å². The third kappa shape index (κ3) is 3.83. The fraction of sp³-hybridized carbons (Fsp3) is 0.407. The molecule has 1 N–H and O–H groups in total. The molecule has 9 heteroatoms. The van der Waals surface area contributed by atoms with Crippen molar-refractivity contribution in [2.24, 2.45) is 11.8 Å². The van der Waals surface area contributed by atoms with Crippen LogP contribution in [-0.4, -0.2) is 50.4 Å². The number of methoxy groups -OCH3 is 3. The summed E-state index contributed by atoms with van der Waals surface area (Å²) in [6.07, 6.45) is 0.856. The van der Waals surface area contributed by atoms with Crippen molar-refractivity contribution in [1.29, 1.82) is 0 Å². The van der Waals surface area contributed by atoms with Gasteiger partial charge in [0.1, 0.15) is 17.0 Å². The van der Waals surface area contributed by atoms with Crippen molar-refractivity contribution in [3.05, 3.63) is 53.6 Å². The summed E-state index contributed by atoms with van der Waals surface area (Å²) in [5, 5.41) is 3.33. The van der Waals surface area contributed by atoms with Crippen LogP contribution in [0.5, 0.6) is 11.5 Å². The van der Waals surface area contributed by atoms with E-state index in [1.165, 1.54) is 34.3 Å². The minimum atomic E-state index is -1.41. The third-order valence-electron chi connectivity index (χ3n) is 7.13. The fourth-order valence-electron chi connectivity index (χ4n) is 5.56. The van der Waals surface area contributed by atoms with Crippen LogP contribution in [0.1, 0.15) is 48.7 Å². The monoisotopic (exact) mass is 494 g/mol. The molecule has 2 heterocycles. The Balaban J connectivity index is 1.90. The number of ketones is 1. The van der Waals surface area contributed by atoms with Gasteiger partial charge in [0.25, 0.3) is 0 Å². The van der Waals surface area contributed by atoms with E-state index in [1.54, 1.807) is 36.4 Å². The molecule has 2 aromatic rings. The van der Waals surface area contributed by atoms with Gasteiger partial charge in [-0.25, -0.2) is 4.90 Å². The number of esters is 1. The highest BCUT2D eigenvalue weighted by Crippen LogP contribution is 2.53. The lowest BCUT2D eigenvalue weighted by molar-refractivity contribution is -0.152. The van der Waals surface area contributed by atoms with Crippen molar-refractivity contribution in [2.45, 2.75) is 38.3 Å². The summed E-state index contributed by atoms with van der Waals surface area (Å²) in [5.41, 5.74) is -0.119. The van der Waals surface area contributed by atoms with Gasteiger partial charge in [-0.15, -0.1) is 0 Å². The number of imide groups is 1. The maximum Gasteiger partial charge on any atom is 0.326 e. The third-order valence-corrected chi connectivity index (χ3v) is 7.13. The fourth-order valence-corrected chi connectivity index (χ4v) is 5.56. The van der Waals surface area contributed by atoms with Gasteiger partial charge in [0.15, 0.2) is 5.78 Å². The van der Waals surface area contributed by atoms with Crippen LogP contribution in [-0.2, 0) is 19.1 Å². The Morgan fingerprint density at radius 1 is 1.03 bits per heavy atom. The molecule has 0 spiro atoms. The van der Waals surface area contributed by atoms with Gasteiger partial charge in [-0.2, -0.15) is 0 Å². The van der Waals surface area contributed by atoms with Crippen LogP contribution in [0.25, 0.3) is 0 Å². The van der Waals surface area contributed by atoms with E-state index >= 15 is 0 Å². The molecule has 0 unspecified atom stereocenters. The van der Waals surface area contributed by atoms with Crippen molar-refractivity contribution in [3.63, 3.8) is 0 Å². The maximum absolute atomic E-state index is 14.0. The Bertz CT molecular complexity index is 1230. The molecule has 2 aliphatic rings. The Kier molecular flexibility index (Phi) is 6.86. The van der Waals surface area contributed by atoms with Crippen LogP contribution >= 0.6 is 0 Å². The predicted molar refractivity (Wildman–Crippen MR) is 131 cm³/mol. The second-order valence-electron chi connectivity index (χ2n) is 9.06. The van der Waals surface area contributed by atoms with E-state index in [4.69, 9.17) is 14.2 Å². The maximum atomic E-state index is 14.0. The van der Waals surface area contributed by atoms with E-state index < -0.39 is 41.2 Å². The first kappa shape index (κ1) is 25.4. The van der Waals surface area contributed by atoms with Gasteiger partial charge in [0.05, 0.1) is 38.9 Å². The number of hydrogen-bond donors (Lipinski definition) is 1. The largest absolute Gasteiger partial charge is 0.497 e. The van der Waals surface area contributed by atoms with Gasteiger partial charge in [0.2, 0.25) is 11.8 Å². The van der Waals surface area contributed by atoms with Gasteiger partial charge < -0.3 is 14.2 Å². The lowest BCUT2D eigenvalue weighted by Crippen LogP contribution is -2.56. The van der Waals surface area contributed by atoms with E-state index in [0.717, 1.165) is 4.90 Å². The summed E-state index contributed by atoms with van der Waals surface area (Å²) in [4.78, 5) is 54.2. The minimum Gasteiger partial charge on any atom is -0.497 e. The number of hydrogen-bond acceptors (Lipinski definition) is 8. The number of carbonyl (C=O) groups is 4. The SMILES string of the molecule is CCC[C@]1(C(=O)OC)N[C@H](c2ccc(OC)cc2OC)[C@@H]2C(=O)N(c3cccc(C(C)=O)c3)C(=O)[C@@H]21. The average Bonchev–Trinajstić information content (AvgIpc) is 3.36. The Hall–Kier alpha value is -3.72. The van der Waals surface area contributed by atoms with Gasteiger partial charge in [0, 0.05) is 23.2 Å². The van der Waals surface area contributed by atoms with Gasteiger partial charge >= 0.3 is 5.97 Å². The molecule has 2 aromatic carbocycles. The van der Waals surface area contributed by atoms with Gasteiger partial charge in [-0.3, -0.25) is 24.5 Å². The van der Waals surface area contributed by atoms with Crippen molar-refractivity contribution in [1.82, 2.24) is 5.32 Å². The topological polar surface area (TPSA) is 111 Å². The van der Waals surface area contributed by atoms with Crippen LogP contribution < -0.4 is 19.7 Å². The van der Waals surface area contributed by atoms with Crippen LogP contribution in [0.4, 0.5) is 5.69 Å². The lowest BCUT2D eigenvalue weighted by Gasteiger charge is -2.32. The van der Waals surface area contributed by atoms with E-state index in [1.807, 2.05) is 6.92 Å². The van der Waals surface area contributed by atoms with E-state index in [0.29, 0.717) is 34.7 Å². The van der Waals surface area contributed by atoms with Gasteiger partial charge in [-0.1, -0.05) is 31.5 Å². The summed E-state index contributed by atoms with van der Waals surface area (Å²) < 4.78 is 16.1. The molecule has 4 atom stereocenters. The molecule has 0 aliphatic carbocycles. The van der Waals surface area contributed by atoms with Gasteiger partial charge in [-0.05, 0) is 31.5 Å². The molecule has 0 radical (unpaired) electrons. The molecule has 0 saturated carbocycles. The quantitative estimate of drug-likeness (QED) is 0.339. The molecule has 2 fully saturated rings. The summed E-state index contributed by atoms with van der Waals surface area (Å²) in [6.45, 7) is 3.32. The normalized spacial score (nSPS) is 25.0. The molecule has 190 valence electrons. The van der Waals surface area contributed by atoms with Crippen LogP contribution in [0.15, 0.2) is 42.5 Å². The molecule has 36 heavy (non-hydrogen) atoms. The molecule has 2 saturated heterocycles. The molecule has 0 bridgehead atoms. The predicted octanol–water partition coefficient (Wildman–Crippen LogP) is 3.07. The highest BCUT2D eigenvalue weighted by molar-refractivity contribution is 6.24. The number of ether oxygens (including phenoxy) is 3. The number of rotatable bonds is 8. The first-order chi connectivity index (χ1) is 17.2. The number of fused-ring (bicyclic) bond motifs is 1. The summed E-state index contributed by atoms with van der Waals surface area (Å²) in [5.74, 6) is -2.63. The smallest absolute Gasteiger partial charge is 0.326 e. The molecular formula is C27H30N2O7. The molecule has 0 aromatic heterocycles. The van der Waals surface area contributed by atoms with Crippen molar-refractivity contribution >= 4 is 29.3 Å². The van der Waals surface area contributed by atoms with Crippen molar-refractivity contribution in [3.8, 4) is 11.5 Å². The van der Waals surface area contributed by atoms with Crippen molar-refractivity contribution in [2.75, 3.05) is 26.2 Å². The van der Waals surface area contributed by atoms with Crippen LogP contribution in [0.2, 0.25) is 0 Å².